The Hall–Kier alpha value is -1.97. The van der Waals surface area contributed by atoms with Gasteiger partial charge in [-0.1, -0.05) is 37.6 Å². The van der Waals surface area contributed by atoms with Crippen LogP contribution in [0.3, 0.4) is 0 Å². The molecule has 1 aliphatic rings. The number of ketones is 1. The topological polar surface area (TPSA) is 47.8 Å². The molecule has 0 saturated heterocycles. The van der Waals surface area contributed by atoms with E-state index in [1.807, 2.05) is 0 Å². The zero-order valence-electron chi connectivity index (χ0n) is 16.6. The Morgan fingerprint density at radius 2 is 1.85 bits per heavy atom. The molecule has 1 fully saturated rings. The smallest absolute Gasteiger partial charge is 0.137 e. The molecule has 2 aromatic rings. The quantitative estimate of drug-likeness (QED) is 0.664. The first-order valence-electron chi connectivity index (χ1n) is 9.94. The molecule has 1 aromatic carbocycles. The lowest BCUT2D eigenvalue weighted by Gasteiger charge is -2.10. The molecular formula is C22H31N3O. The zero-order chi connectivity index (χ0) is 18.7. The van der Waals surface area contributed by atoms with E-state index in [9.17, 15) is 4.79 Å². The van der Waals surface area contributed by atoms with Crippen molar-refractivity contribution in [2.45, 2.75) is 78.7 Å². The molecule has 0 spiro atoms. The van der Waals surface area contributed by atoms with Crippen molar-refractivity contribution >= 4 is 5.78 Å². The Morgan fingerprint density at radius 3 is 2.50 bits per heavy atom. The highest BCUT2D eigenvalue weighted by atomic mass is 16.1. The van der Waals surface area contributed by atoms with E-state index >= 15 is 0 Å². The standard InChI is InChI=1S/C22H31N3O/c1-15(2)5-11-21-23-24-22(25(21)19-8-9-19)12-10-20(26)14-18-13-16(3)6-7-17(18)4/h6-7,13,15,19H,5,8-12,14H2,1-4H3. The number of Topliss-reactive ketones (excluding diaryl/α,β-unsaturated/α-hetero) is 1. The number of aryl methyl sites for hydroxylation is 4. The minimum absolute atomic E-state index is 0.285. The van der Waals surface area contributed by atoms with Crippen LogP contribution in [0, 0.1) is 19.8 Å². The largest absolute Gasteiger partial charge is 0.312 e. The molecular weight excluding hydrogens is 322 g/mol. The van der Waals surface area contributed by atoms with Gasteiger partial charge < -0.3 is 4.57 Å². The molecule has 1 saturated carbocycles. The van der Waals surface area contributed by atoms with Gasteiger partial charge in [0.25, 0.3) is 0 Å². The molecule has 0 amide bonds. The molecule has 1 aromatic heterocycles. The molecule has 140 valence electrons. The lowest BCUT2D eigenvalue weighted by molar-refractivity contribution is -0.118. The Morgan fingerprint density at radius 1 is 1.15 bits per heavy atom. The number of carbonyl (C=O) groups excluding carboxylic acids is 1. The summed E-state index contributed by atoms with van der Waals surface area (Å²) in [5, 5.41) is 8.87. The zero-order valence-corrected chi connectivity index (χ0v) is 16.6. The summed E-state index contributed by atoms with van der Waals surface area (Å²) in [4.78, 5) is 12.5. The fourth-order valence-corrected chi connectivity index (χ4v) is 3.42. The fraction of sp³-hybridized carbons (Fsp3) is 0.591. The van der Waals surface area contributed by atoms with Crippen molar-refractivity contribution in [3.63, 3.8) is 0 Å². The van der Waals surface area contributed by atoms with Gasteiger partial charge >= 0.3 is 0 Å². The number of hydrogen-bond donors (Lipinski definition) is 0. The van der Waals surface area contributed by atoms with Crippen LogP contribution in [-0.4, -0.2) is 20.5 Å². The van der Waals surface area contributed by atoms with E-state index in [4.69, 9.17) is 0 Å². The van der Waals surface area contributed by atoms with Gasteiger partial charge in [-0.05, 0) is 50.2 Å². The number of hydrogen-bond acceptors (Lipinski definition) is 3. The van der Waals surface area contributed by atoms with E-state index in [0.717, 1.165) is 30.1 Å². The molecule has 4 heteroatoms. The minimum Gasteiger partial charge on any atom is -0.312 e. The molecule has 1 aliphatic carbocycles. The first-order valence-corrected chi connectivity index (χ1v) is 9.94. The summed E-state index contributed by atoms with van der Waals surface area (Å²) < 4.78 is 2.33. The highest BCUT2D eigenvalue weighted by Gasteiger charge is 2.29. The van der Waals surface area contributed by atoms with Gasteiger partial charge in [0.05, 0.1) is 0 Å². The summed E-state index contributed by atoms with van der Waals surface area (Å²) in [5.74, 6) is 3.06. The predicted molar refractivity (Wildman–Crippen MR) is 104 cm³/mol. The molecule has 0 aliphatic heterocycles. The molecule has 0 unspecified atom stereocenters. The molecule has 1 heterocycles. The maximum absolute atomic E-state index is 12.5. The van der Waals surface area contributed by atoms with Gasteiger partial charge in [0.1, 0.15) is 17.4 Å². The molecule has 0 N–H and O–H groups in total. The van der Waals surface area contributed by atoms with E-state index in [2.05, 4.69) is 60.7 Å². The second-order valence-electron chi connectivity index (χ2n) is 8.21. The summed E-state index contributed by atoms with van der Waals surface area (Å²) in [6, 6.07) is 6.89. The van der Waals surface area contributed by atoms with Gasteiger partial charge in [0.15, 0.2) is 0 Å². The normalized spacial score (nSPS) is 14.2. The Labute approximate surface area is 157 Å². The number of benzene rings is 1. The second kappa shape index (κ2) is 8.15. The van der Waals surface area contributed by atoms with Gasteiger partial charge in [0.2, 0.25) is 0 Å². The Kier molecular flexibility index (Phi) is 5.90. The third kappa shape index (κ3) is 4.80. The van der Waals surface area contributed by atoms with Crippen LogP contribution in [0.2, 0.25) is 0 Å². The first kappa shape index (κ1) is 18.8. The van der Waals surface area contributed by atoms with Crippen LogP contribution in [0.25, 0.3) is 0 Å². The molecule has 26 heavy (non-hydrogen) atoms. The number of nitrogens with zero attached hydrogens (tertiary/aromatic N) is 3. The van der Waals surface area contributed by atoms with Crippen molar-refractivity contribution in [1.82, 2.24) is 14.8 Å². The molecule has 4 nitrogen and oxygen atoms in total. The van der Waals surface area contributed by atoms with Gasteiger partial charge in [-0.2, -0.15) is 0 Å². The van der Waals surface area contributed by atoms with E-state index in [0.29, 0.717) is 31.2 Å². The first-order chi connectivity index (χ1) is 12.4. The number of aromatic nitrogens is 3. The molecule has 0 bridgehead atoms. The van der Waals surface area contributed by atoms with Crippen LogP contribution >= 0.6 is 0 Å². The third-order valence-electron chi connectivity index (χ3n) is 5.21. The second-order valence-corrected chi connectivity index (χ2v) is 8.21. The molecule has 0 radical (unpaired) electrons. The predicted octanol–water partition coefficient (Wildman–Crippen LogP) is 4.56. The lowest BCUT2D eigenvalue weighted by atomic mass is 9.99. The number of carbonyl (C=O) groups is 1. The van der Waals surface area contributed by atoms with Crippen molar-refractivity contribution in [2.75, 3.05) is 0 Å². The van der Waals surface area contributed by atoms with E-state index in [1.165, 1.54) is 24.0 Å². The third-order valence-corrected chi connectivity index (χ3v) is 5.21. The summed E-state index contributed by atoms with van der Waals surface area (Å²) in [5.41, 5.74) is 3.55. The number of rotatable bonds is 9. The summed E-state index contributed by atoms with van der Waals surface area (Å²) >= 11 is 0. The van der Waals surface area contributed by atoms with Gasteiger partial charge in [-0.25, -0.2) is 0 Å². The van der Waals surface area contributed by atoms with Crippen molar-refractivity contribution in [1.29, 1.82) is 0 Å². The van der Waals surface area contributed by atoms with Crippen molar-refractivity contribution in [3.05, 3.63) is 46.5 Å². The van der Waals surface area contributed by atoms with Crippen LogP contribution < -0.4 is 0 Å². The summed E-state index contributed by atoms with van der Waals surface area (Å²) in [7, 11) is 0. The minimum atomic E-state index is 0.285. The Bertz CT molecular complexity index is 772. The van der Waals surface area contributed by atoms with Crippen LogP contribution in [0.4, 0.5) is 0 Å². The monoisotopic (exact) mass is 353 g/mol. The van der Waals surface area contributed by atoms with Crippen molar-refractivity contribution in [3.8, 4) is 0 Å². The fourth-order valence-electron chi connectivity index (χ4n) is 3.42. The van der Waals surface area contributed by atoms with Gasteiger partial charge in [-0.3, -0.25) is 4.79 Å². The SMILES string of the molecule is Cc1ccc(C)c(CC(=O)CCc2nnc(CCC(C)C)n2C2CC2)c1. The van der Waals surface area contributed by atoms with E-state index in [1.54, 1.807) is 0 Å². The maximum atomic E-state index is 12.5. The average molecular weight is 354 g/mol. The van der Waals surface area contributed by atoms with E-state index < -0.39 is 0 Å². The van der Waals surface area contributed by atoms with Crippen LogP contribution in [0.15, 0.2) is 18.2 Å². The van der Waals surface area contributed by atoms with E-state index in [-0.39, 0.29) is 5.78 Å². The summed E-state index contributed by atoms with van der Waals surface area (Å²) in [6.45, 7) is 8.63. The lowest BCUT2D eigenvalue weighted by Crippen LogP contribution is -2.11. The van der Waals surface area contributed by atoms with Gasteiger partial charge in [0, 0.05) is 31.7 Å². The van der Waals surface area contributed by atoms with Crippen molar-refractivity contribution in [2.24, 2.45) is 5.92 Å². The molecule has 0 atom stereocenters. The average Bonchev–Trinajstić information content (AvgIpc) is 3.34. The maximum Gasteiger partial charge on any atom is 0.137 e. The summed E-state index contributed by atoms with van der Waals surface area (Å²) in [6.07, 6.45) is 6.32. The van der Waals surface area contributed by atoms with Crippen LogP contribution in [-0.2, 0) is 24.1 Å². The highest BCUT2D eigenvalue weighted by molar-refractivity contribution is 5.81. The molecule has 3 rings (SSSR count). The Balaban J connectivity index is 1.62. The van der Waals surface area contributed by atoms with Gasteiger partial charge in [-0.15, -0.1) is 10.2 Å². The van der Waals surface area contributed by atoms with Crippen LogP contribution in [0.5, 0.6) is 0 Å². The van der Waals surface area contributed by atoms with Crippen LogP contribution in [0.1, 0.15) is 73.9 Å². The highest BCUT2D eigenvalue weighted by Crippen LogP contribution is 2.37. The van der Waals surface area contributed by atoms with Crippen molar-refractivity contribution < 1.29 is 4.79 Å².